The molecular weight excluding hydrogens is 419 g/mol. The third-order valence-corrected chi connectivity index (χ3v) is 5.42. The van der Waals surface area contributed by atoms with Crippen molar-refractivity contribution in [1.82, 2.24) is 0 Å². The van der Waals surface area contributed by atoms with E-state index in [0.29, 0.717) is 31.9 Å². The fourth-order valence-electron chi connectivity index (χ4n) is 2.72. The highest BCUT2D eigenvalue weighted by molar-refractivity contribution is 7.17. The number of urea groups is 1. The first-order chi connectivity index (χ1) is 13.4. The zero-order chi connectivity index (χ0) is 20.3. The molecular formula is C20H16Cl2N2O3S. The Hall–Kier alpha value is -2.54. The van der Waals surface area contributed by atoms with E-state index < -0.39 is 12.0 Å². The Morgan fingerprint density at radius 2 is 1.71 bits per heavy atom. The number of benzene rings is 2. The van der Waals surface area contributed by atoms with Crippen LogP contribution < -0.4 is 10.6 Å². The molecule has 0 aliphatic heterocycles. The van der Waals surface area contributed by atoms with E-state index in [9.17, 15) is 9.59 Å². The molecule has 8 heteroatoms. The van der Waals surface area contributed by atoms with Crippen molar-refractivity contribution in [3.8, 4) is 11.1 Å². The molecule has 144 valence electrons. The Kier molecular flexibility index (Phi) is 6.24. The minimum atomic E-state index is -0.541. The third kappa shape index (κ3) is 4.47. The summed E-state index contributed by atoms with van der Waals surface area (Å²) >= 11 is 13.2. The molecule has 2 amide bonds. The van der Waals surface area contributed by atoms with Gasteiger partial charge >= 0.3 is 12.0 Å². The second-order valence-electron chi connectivity index (χ2n) is 5.83. The topological polar surface area (TPSA) is 67.4 Å². The zero-order valence-electron chi connectivity index (χ0n) is 15.0. The minimum absolute atomic E-state index is 0.290. The molecule has 0 atom stereocenters. The Labute approximate surface area is 176 Å². The van der Waals surface area contributed by atoms with Gasteiger partial charge in [0.05, 0.1) is 7.11 Å². The number of esters is 1. The van der Waals surface area contributed by atoms with Gasteiger partial charge in [-0.25, -0.2) is 9.59 Å². The lowest BCUT2D eigenvalue weighted by molar-refractivity contribution is 0.0603. The number of anilines is 2. The number of amides is 2. The van der Waals surface area contributed by atoms with E-state index in [1.54, 1.807) is 42.5 Å². The molecule has 0 spiro atoms. The Morgan fingerprint density at radius 3 is 2.36 bits per heavy atom. The van der Waals surface area contributed by atoms with E-state index in [-0.39, 0.29) is 0 Å². The lowest BCUT2D eigenvalue weighted by Gasteiger charge is -2.09. The molecule has 0 aliphatic carbocycles. The molecule has 0 aliphatic rings. The van der Waals surface area contributed by atoms with E-state index in [0.717, 1.165) is 10.4 Å². The summed E-state index contributed by atoms with van der Waals surface area (Å²) in [4.78, 5) is 25.7. The molecule has 1 aromatic heterocycles. The van der Waals surface area contributed by atoms with Crippen LogP contribution in [0.1, 0.15) is 15.2 Å². The summed E-state index contributed by atoms with van der Waals surface area (Å²) in [5, 5.41) is 6.95. The maximum atomic E-state index is 12.5. The van der Waals surface area contributed by atoms with E-state index in [1.165, 1.54) is 18.4 Å². The van der Waals surface area contributed by atoms with Gasteiger partial charge in [0.2, 0.25) is 0 Å². The van der Waals surface area contributed by atoms with Crippen LogP contribution in [0, 0.1) is 6.92 Å². The van der Waals surface area contributed by atoms with Crippen molar-refractivity contribution in [3.05, 3.63) is 69.0 Å². The summed E-state index contributed by atoms with van der Waals surface area (Å²) in [7, 11) is 1.30. The van der Waals surface area contributed by atoms with Crippen LogP contribution in [-0.2, 0) is 4.74 Å². The quantitative estimate of drug-likeness (QED) is 0.462. The fourth-order valence-corrected chi connectivity index (χ4v) is 4.10. The first kappa shape index (κ1) is 20.2. The summed E-state index contributed by atoms with van der Waals surface area (Å²) in [5.74, 6) is -0.541. The van der Waals surface area contributed by atoms with Crippen molar-refractivity contribution in [3.63, 3.8) is 0 Å². The average Bonchev–Trinajstić information content (AvgIpc) is 2.98. The number of ether oxygens (including phenoxy) is 1. The predicted octanol–water partition coefficient (Wildman–Crippen LogP) is 6.46. The maximum absolute atomic E-state index is 12.5. The van der Waals surface area contributed by atoms with Gasteiger partial charge in [0.25, 0.3) is 0 Å². The summed E-state index contributed by atoms with van der Waals surface area (Å²) < 4.78 is 4.94. The Bertz CT molecular complexity index is 1030. The number of thiophene rings is 1. The molecule has 3 aromatic rings. The first-order valence-corrected chi connectivity index (χ1v) is 9.77. The number of hydrogen-bond donors (Lipinski definition) is 2. The van der Waals surface area contributed by atoms with Crippen LogP contribution in [-0.4, -0.2) is 19.1 Å². The summed E-state index contributed by atoms with van der Waals surface area (Å²) in [6.07, 6.45) is 0. The second-order valence-corrected chi connectivity index (χ2v) is 7.92. The summed E-state index contributed by atoms with van der Waals surface area (Å²) in [5.41, 5.74) is 2.32. The monoisotopic (exact) mass is 434 g/mol. The number of rotatable bonds is 4. The smallest absolute Gasteiger partial charge is 0.341 e. The molecule has 0 bridgehead atoms. The summed E-state index contributed by atoms with van der Waals surface area (Å²) in [6, 6.07) is 13.4. The fraction of sp³-hybridized carbons (Fsp3) is 0.100. The highest BCUT2D eigenvalue weighted by Crippen LogP contribution is 2.41. The van der Waals surface area contributed by atoms with Gasteiger partial charge in [0.15, 0.2) is 0 Å². The van der Waals surface area contributed by atoms with Gasteiger partial charge in [0, 0.05) is 26.2 Å². The predicted molar refractivity (Wildman–Crippen MR) is 115 cm³/mol. The van der Waals surface area contributed by atoms with Gasteiger partial charge in [-0.3, -0.25) is 5.32 Å². The number of methoxy groups -OCH3 is 1. The molecule has 1 heterocycles. The lowest BCUT2D eigenvalue weighted by Crippen LogP contribution is -2.20. The van der Waals surface area contributed by atoms with Crippen LogP contribution in [0.5, 0.6) is 0 Å². The van der Waals surface area contributed by atoms with E-state index in [4.69, 9.17) is 27.9 Å². The van der Waals surface area contributed by atoms with Crippen molar-refractivity contribution < 1.29 is 14.3 Å². The van der Waals surface area contributed by atoms with Gasteiger partial charge in [0.1, 0.15) is 10.6 Å². The van der Waals surface area contributed by atoms with Crippen LogP contribution in [0.15, 0.2) is 48.5 Å². The minimum Gasteiger partial charge on any atom is -0.465 e. The largest absolute Gasteiger partial charge is 0.465 e. The highest BCUT2D eigenvalue weighted by atomic mass is 35.5. The molecule has 28 heavy (non-hydrogen) atoms. The number of aryl methyl sites for hydroxylation is 1. The van der Waals surface area contributed by atoms with Gasteiger partial charge < -0.3 is 10.1 Å². The first-order valence-electron chi connectivity index (χ1n) is 8.20. The maximum Gasteiger partial charge on any atom is 0.341 e. The van der Waals surface area contributed by atoms with Crippen molar-refractivity contribution in [2.45, 2.75) is 6.92 Å². The lowest BCUT2D eigenvalue weighted by atomic mass is 10.0. The number of carbonyl (C=O) groups is 2. The Balaban J connectivity index is 1.94. The summed E-state index contributed by atoms with van der Waals surface area (Å²) in [6.45, 7) is 1.87. The standard InChI is InChI=1S/C20H16Cl2N2O3S/c1-11-16(12-4-3-5-14(22)10-12)17(19(25)27-2)18(28-11)24-20(26)23-15-8-6-13(21)7-9-15/h3-10H,1-2H3,(H2,23,24,26). The number of hydrogen-bond acceptors (Lipinski definition) is 4. The van der Waals surface area contributed by atoms with Crippen molar-refractivity contribution in [2.24, 2.45) is 0 Å². The molecule has 0 saturated heterocycles. The van der Waals surface area contributed by atoms with Crippen LogP contribution in [0.25, 0.3) is 11.1 Å². The molecule has 3 rings (SSSR count). The van der Waals surface area contributed by atoms with Gasteiger partial charge in [-0.15, -0.1) is 11.3 Å². The van der Waals surface area contributed by atoms with Gasteiger partial charge in [-0.05, 0) is 48.9 Å². The van der Waals surface area contributed by atoms with Crippen LogP contribution in [0.4, 0.5) is 15.5 Å². The average molecular weight is 435 g/mol. The highest BCUT2D eigenvalue weighted by Gasteiger charge is 2.25. The molecule has 0 fully saturated rings. The van der Waals surface area contributed by atoms with Crippen LogP contribution in [0.3, 0.4) is 0 Å². The zero-order valence-corrected chi connectivity index (χ0v) is 17.3. The van der Waals surface area contributed by atoms with Crippen molar-refractivity contribution in [1.29, 1.82) is 0 Å². The van der Waals surface area contributed by atoms with Crippen molar-refractivity contribution >= 4 is 57.2 Å². The molecule has 0 saturated carbocycles. The van der Waals surface area contributed by atoms with Gasteiger partial charge in [-0.2, -0.15) is 0 Å². The molecule has 0 radical (unpaired) electrons. The van der Waals surface area contributed by atoms with Crippen LogP contribution in [0.2, 0.25) is 10.0 Å². The molecule has 0 unspecified atom stereocenters. The van der Waals surface area contributed by atoms with E-state index in [1.807, 2.05) is 13.0 Å². The van der Waals surface area contributed by atoms with Crippen LogP contribution >= 0.6 is 34.5 Å². The van der Waals surface area contributed by atoms with E-state index >= 15 is 0 Å². The normalized spacial score (nSPS) is 10.4. The number of halogens is 2. The molecule has 2 N–H and O–H groups in total. The third-order valence-electron chi connectivity index (χ3n) is 3.92. The van der Waals surface area contributed by atoms with Gasteiger partial charge in [-0.1, -0.05) is 35.3 Å². The van der Waals surface area contributed by atoms with Crippen molar-refractivity contribution in [2.75, 3.05) is 17.7 Å². The Morgan fingerprint density at radius 1 is 1.00 bits per heavy atom. The second kappa shape index (κ2) is 8.65. The number of carbonyl (C=O) groups excluding carboxylic acids is 2. The SMILES string of the molecule is COC(=O)c1c(NC(=O)Nc2ccc(Cl)cc2)sc(C)c1-c1cccc(Cl)c1. The molecule has 2 aromatic carbocycles. The number of nitrogens with one attached hydrogen (secondary N) is 2. The molecule has 5 nitrogen and oxygen atoms in total. The van der Waals surface area contributed by atoms with E-state index in [2.05, 4.69) is 10.6 Å².